The number of anilines is 6. The van der Waals surface area contributed by atoms with Gasteiger partial charge in [-0.25, -0.2) is 0 Å². The highest BCUT2D eigenvalue weighted by Gasteiger charge is 2.28. The quantitative estimate of drug-likeness (QED) is 0.143. The van der Waals surface area contributed by atoms with Gasteiger partial charge in [-0.05, 0) is 111 Å². The van der Waals surface area contributed by atoms with Gasteiger partial charge in [-0.3, -0.25) is 0 Å². The van der Waals surface area contributed by atoms with Crippen LogP contribution in [0, 0.1) is 0 Å². The van der Waals surface area contributed by atoms with E-state index in [9.17, 15) is 0 Å². The standard InChI is InChI=1S/C58H44N2O2/c1-35(2)46-33-48-52(60(38-19-9-6-10-20-38)51-26-16-24-44-40-22-12-14-28-54(40)62-58(44)51)34-47(36(3)4)41-29-30-45-49(32-31-42(46)55(45)56(41)48)59(37-17-7-5-8-18-37)50-25-15-23-43-39-21-11-13-27-53(39)61-57(43)50/h5-36H,1-4H3. The Kier molecular flexibility index (Phi) is 8.20. The summed E-state index contributed by atoms with van der Waals surface area (Å²) in [6, 6.07) is 65.7. The second kappa shape index (κ2) is 14.0. The zero-order valence-electron chi connectivity index (χ0n) is 35.2. The first-order valence-corrected chi connectivity index (χ1v) is 21.7. The summed E-state index contributed by atoms with van der Waals surface area (Å²) in [5, 5.41) is 12.0. The van der Waals surface area contributed by atoms with Crippen LogP contribution in [0.1, 0.15) is 50.7 Å². The highest BCUT2D eigenvalue weighted by molar-refractivity contribution is 6.30. The Morgan fingerprint density at radius 1 is 0.323 bits per heavy atom. The smallest absolute Gasteiger partial charge is 0.159 e. The Morgan fingerprint density at radius 2 is 0.758 bits per heavy atom. The summed E-state index contributed by atoms with van der Waals surface area (Å²) in [4.78, 5) is 4.83. The first kappa shape index (κ1) is 36.3. The maximum Gasteiger partial charge on any atom is 0.159 e. The molecule has 2 aromatic heterocycles. The van der Waals surface area contributed by atoms with Gasteiger partial charge in [0.1, 0.15) is 11.2 Å². The Balaban J connectivity index is 1.21. The van der Waals surface area contributed by atoms with Crippen molar-refractivity contribution in [3.05, 3.63) is 193 Å². The molecule has 0 aliphatic rings. The average Bonchev–Trinajstić information content (AvgIpc) is 3.89. The molecule has 0 atom stereocenters. The van der Waals surface area contributed by atoms with Crippen molar-refractivity contribution in [3.63, 3.8) is 0 Å². The molecular formula is C58H44N2O2. The molecule has 0 unspecified atom stereocenters. The SMILES string of the molecule is CC(C)c1cc2c(N(c3ccccc3)c3cccc4c3oc3ccccc34)cc(C(C)C)c3ccc4c(N(c5ccccc5)c5cccc6c5oc5ccccc56)ccc1c4c32. The molecule has 10 aromatic carbocycles. The van der Waals surface area contributed by atoms with Gasteiger partial charge < -0.3 is 18.6 Å². The fraction of sp³-hybridized carbons (Fsp3) is 0.103. The highest BCUT2D eigenvalue weighted by Crippen LogP contribution is 2.52. The molecule has 0 N–H and O–H groups in total. The van der Waals surface area contributed by atoms with Crippen molar-refractivity contribution in [2.45, 2.75) is 39.5 Å². The average molecular weight is 801 g/mol. The maximum absolute atomic E-state index is 6.79. The Morgan fingerprint density at radius 3 is 1.31 bits per heavy atom. The van der Waals surface area contributed by atoms with E-state index in [0.717, 1.165) is 78.0 Å². The van der Waals surface area contributed by atoms with Crippen molar-refractivity contribution in [3.8, 4) is 0 Å². The van der Waals surface area contributed by atoms with Gasteiger partial charge in [-0.1, -0.05) is 143 Å². The van der Waals surface area contributed by atoms with E-state index in [2.05, 4.69) is 207 Å². The molecule has 12 aromatic rings. The van der Waals surface area contributed by atoms with Crippen LogP contribution in [0.2, 0.25) is 0 Å². The van der Waals surface area contributed by atoms with Crippen LogP contribution >= 0.6 is 0 Å². The van der Waals surface area contributed by atoms with E-state index >= 15 is 0 Å². The molecule has 0 aliphatic heterocycles. The Labute approximate surface area is 360 Å². The molecule has 0 spiro atoms. The lowest BCUT2D eigenvalue weighted by Crippen LogP contribution is -2.13. The van der Waals surface area contributed by atoms with Crippen molar-refractivity contribution in [1.29, 1.82) is 0 Å². The lowest BCUT2D eigenvalue weighted by molar-refractivity contribution is 0.668. The van der Waals surface area contributed by atoms with Crippen LogP contribution < -0.4 is 9.80 Å². The molecule has 0 saturated carbocycles. The first-order valence-electron chi connectivity index (χ1n) is 21.7. The molecule has 4 nitrogen and oxygen atoms in total. The van der Waals surface area contributed by atoms with Gasteiger partial charge in [0.05, 0.1) is 22.7 Å². The number of rotatable bonds is 8. The monoisotopic (exact) mass is 800 g/mol. The van der Waals surface area contributed by atoms with Gasteiger partial charge in [-0.15, -0.1) is 0 Å². The van der Waals surface area contributed by atoms with Gasteiger partial charge in [0, 0.05) is 43.7 Å². The second-order valence-corrected chi connectivity index (χ2v) is 17.2. The van der Waals surface area contributed by atoms with Crippen LogP contribution in [0.4, 0.5) is 34.1 Å². The lowest BCUT2D eigenvalue weighted by atomic mass is 9.83. The van der Waals surface area contributed by atoms with Crippen LogP contribution in [0.3, 0.4) is 0 Å². The Bertz CT molecular complexity index is 3650. The molecule has 0 radical (unpaired) electrons. The van der Waals surface area contributed by atoms with Gasteiger partial charge >= 0.3 is 0 Å². The number of fused-ring (bicyclic) bond motifs is 6. The third-order valence-corrected chi connectivity index (χ3v) is 12.9. The molecular weight excluding hydrogens is 757 g/mol. The molecule has 0 fully saturated rings. The van der Waals surface area contributed by atoms with E-state index in [1.807, 2.05) is 12.1 Å². The van der Waals surface area contributed by atoms with Crippen molar-refractivity contribution >= 4 is 110 Å². The molecule has 62 heavy (non-hydrogen) atoms. The van der Waals surface area contributed by atoms with E-state index < -0.39 is 0 Å². The van der Waals surface area contributed by atoms with E-state index in [1.54, 1.807) is 0 Å². The van der Waals surface area contributed by atoms with E-state index in [4.69, 9.17) is 8.83 Å². The molecule has 4 heteroatoms. The maximum atomic E-state index is 6.79. The fourth-order valence-electron chi connectivity index (χ4n) is 10.1. The summed E-state index contributed by atoms with van der Waals surface area (Å²) in [5.74, 6) is 0.525. The minimum Gasteiger partial charge on any atom is -0.454 e. The number of para-hydroxylation sites is 6. The zero-order valence-corrected chi connectivity index (χ0v) is 35.2. The molecule has 12 rings (SSSR count). The van der Waals surface area contributed by atoms with Crippen LogP contribution in [0.25, 0.3) is 76.2 Å². The number of hydrogen-bond acceptors (Lipinski definition) is 4. The van der Waals surface area contributed by atoms with Crippen molar-refractivity contribution in [2.75, 3.05) is 9.80 Å². The minimum atomic E-state index is 0.258. The van der Waals surface area contributed by atoms with Gasteiger partial charge in [0.2, 0.25) is 0 Å². The highest BCUT2D eigenvalue weighted by atomic mass is 16.3. The number of nitrogens with zero attached hydrogens (tertiary/aromatic N) is 2. The van der Waals surface area contributed by atoms with Crippen LogP contribution in [-0.4, -0.2) is 0 Å². The molecule has 298 valence electrons. The minimum absolute atomic E-state index is 0.258. The molecule has 2 heterocycles. The molecule has 0 bridgehead atoms. The van der Waals surface area contributed by atoms with Crippen molar-refractivity contribution in [2.24, 2.45) is 0 Å². The lowest BCUT2D eigenvalue weighted by Gasteiger charge is -2.31. The van der Waals surface area contributed by atoms with Crippen LogP contribution in [-0.2, 0) is 0 Å². The molecule has 0 aliphatic carbocycles. The van der Waals surface area contributed by atoms with Crippen molar-refractivity contribution < 1.29 is 8.83 Å². The first-order chi connectivity index (χ1) is 30.4. The number of furan rings is 2. The van der Waals surface area contributed by atoms with Crippen molar-refractivity contribution in [1.82, 2.24) is 0 Å². The largest absolute Gasteiger partial charge is 0.454 e. The van der Waals surface area contributed by atoms with E-state index in [-0.39, 0.29) is 11.8 Å². The molecule has 0 saturated heterocycles. The van der Waals surface area contributed by atoms with Gasteiger partial charge in [0.15, 0.2) is 11.2 Å². The summed E-state index contributed by atoms with van der Waals surface area (Å²) in [5.41, 5.74) is 12.5. The third-order valence-electron chi connectivity index (χ3n) is 12.9. The zero-order chi connectivity index (χ0) is 41.6. The predicted octanol–water partition coefficient (Wildman–Crippen LogP) is 17.6. The summed E-state index contributed by atoms with van der Waals surface area (Å²) in [7, 11) is 0. The second-order valence-electron chi connectivity index (χ2n) is 17.2. The third kappa shape index (κ3) is 5.39. The van der Waals surface area contributed by atoms with Gasteiger partial charge in [0.25, 0.3) is 0 Å². The fourth-order valence-corrected chi connectivity index (χ4v) is 10.1. The van der Waals surface area contributed by atoms with Crippen LogP contribution in [0.5, 0.6) is 0 Å². The van der Waals surface area contributed by atoms with Gasteiger partial charge in [-0.2, -0.15) is 0 Å². The number of hydrogen-bond donors (Lipinski definition) is 0. The summed E-state index contributed by atoms with van der Waals surface area (Å²) in [6.07, 6.45) is 0. The number of benzene rings is 10. The van der Waals surface area contributed by atoms with E-state index in [0.29, 0.717) is 0 Å². The van der Waals surface area contributed by atoms with E-state index in [1.165, 1.54) is 43.4 Å². The summed E-state index contributed by atoms with van der Waals surface area (Å²) >= 11 is 0. The normalized spacial score (nSPS) is 12.2. The van der Waals surface area contributed by atoms with Crippen LogP contribution in [0.15, 0.2) is 191 Å². The predicted molar refractivity (Wildman–Crippen MR) is 262 cm³/mol. The summed E-state index contributed by atoms with van der Waals surface area (Å²) in [6.45, 7) is 9.28. The Hall–Kier alpha value is -7.56. The topological polar surface area (TPSA) is 32.8 Å². The summed E-state index contributed by atoms with van der Waals surface area (Å²) < 4.78 is 13.5. The molecule has 0 amide bonds.